The standard InChI is InChI=1S/C19H18ClN3O4/c20-13-7-9-14(10-8-13)22-18(25)12-21-17(24)6-3-11-23-15-4-1-2-5-16(15)27-19(23)26/h1-2,4-5,7-10H,3,6,11-12H2,(H,21,24)(H,22,25). The molecule has 0 aliphatic carbocycles. The van der Waals surface area contributed by atoms with E-state index in [1.54, 1.807) is 42.5 Å². The van der Waals surface area contributed by atoms with Crippen molar-refractivity contribution < 1.29 is 14.0 Å². The van der Waals surface area contributed by atoms with Gasteiger partial charge in [0.1, 0.15) is 0 Å². The van der Waals surface area contributed by atoms with E-state index in [9.17, 15) is 14.4 Å². The lowest BCUT2D eigenvalue weighted by molar-refractivity contribution is -0.124. The Morgan fingerprint density at radius 1 is 1.04 bits per heavy atom. The number of fused-ring (bicyclic) bond motifs is 1. The third-order valence-corrected chi connectivity index (χ3v) is 4.19. The number of halogens is 1. The Morgan fingerprint density at radius 2 is 1.78 bits per heavy atom. The third-order valence-electron chi connectivity index (χ3n) is 3.93. The number of aromatic nitrogens is 1. The normalized spacial score (nSPS) is 10.7. The molecule has 0 aliphatic rings. The van der Waals surface area contributed by atoms with Gasteiger partial charge < -0.3 is 15.1 Å². The summed E-state index contributed by atoms with van der Waals surface area (Å²) in [7, 11) is 0. The second-order valence-electron chi connectivity index (χ2n) is 5.92. The van der Waals surface area contributed by atoms with Crippen LogP contribution in [0.5, 0.6) is 0 Å². The van der Waals surface area contributed by atoms with Crippen molar-refractivity contribution >= 4 is 40.2 Å². The second kappa shape index (κ2) is 8.55. The Bertz CT molecular complexity index is 1010. The van der Waals surface area contributed by atoms with Crippen LogP contribution in [0.15, 0.2) is 57.7 Å². The van der Waals surface area contributed by atoms with E-state index in [0.717, 1.165) is 0 Å². The molecule has 0 bridgehead atoms. The smallest absolute Gasteiger partial charge is 0.408 e. The van der Waals surface area contributed by atoms with Crippen LogP contribution in [0.3, 0.4) is 0 Å². The molecule has 0 radical (unpaired) electrons. The number of oxazole rings is 1. The highest BCUT2D eigenvalue weighted by atomic mass is 35.5. The topological polar surface area (TPSA) is 93.3 Å². The molecule has 27 heavy (non-hydrogen) atoms. The van der Waals surface area contributed by atoms with E-state index >= 15 is 0 Å². The molecule has 1 heterocycles. The molecule has 0 spiro atoms. The molecule has 0 unspecified atom stereocenters. The van der Waals surface area contributed by atoms with Crippen LogP contribution in [-0.2, 0) is 16.1 Å². The lowest BCUT2D eigenvalue weighted by atomic mass is 10.2. The number of amides is 2. The molecule has 0 aliphatic heterocycles. The van der Waals surface area contributed by atoms with Crippen LogP contribution >= 0.6 is 11.6 Å². The summed E-state index contributed by atoms with van der Waals surface area (Å²) in [4.78, 5) is 35.6. The predicted molar refractivity (Wildman–Crippen MR) is 103 cm³/mol. The van der Waals surface area contributed by atoms with Gasteiger partial charge in [-0.15, -0.1) is 0 Å². The average molecular weight is 388 g/mol. The molecule has 0 saturated heterocycles. The second-order valence-corrected chi connectivity index (χ2v) is 6.36. The first-order chi connectivity index (χ1) is 13.0. The minimum atomic E-state index is -0.445. The van der Waals surface area contributed by atoms with Gasteiger partial charge in [0.2, 0.25) is 11.8 Å². The van der Waals surface area contributed by atoms with Crippen molar-refractivity contribution in [2.75, 3.05) is 11.9 Å². The number of carbonyl (C=O) groups is 2. The van der Waals surface area contributed by atoms with Crippen LogP contribution < -0.4 is 16.4 Å². The van der Waals surface area contributed by atoms with Gasteiger partial charge in [-0.2, -0.15) is 0 Å². The van der Waals surface area contributed by atoms with Crippen LogP contribution in [-0.4, -0.2) is 22.9 Å². The maximum Gasteiger partial charge on any atom is 0.419 e. The van der Waals surface area contributed by atoms with Crippen molar-refractivity contribution in [3.05, 3.63) is 64.1 Å². The summed E-state index contributed by atoms with van der Waals surface area (Å²) >= 11 is 5.78. The average Bonchev–Trinajstić information content (AvgIpc) is 2.97. The fourth-order valence-electron chi connectivity index (χ4n) is 2.63. The van der Waals surface area contributed by atoms with Gasteiger partial charge in [-0.1, -0.05) is 23.7 Å². The number of hydrogen-bond donors (Lipinski definition) is 2. The van der Waals surface area contributed by atoms with E-state index in [2.05, 4.69) is 10.6 Å². The number of benzene rings is 2. The summed E-state index contributed by atoms with van der Waals surface area (Å²) in [6, 6.07) is 13.8. The zero-order chi connectivity index (χ0) is 19.2. The van der Waals surface area contributed by atoms with Gasteiger partial charge in [0.15, 0.2) is 5.58 Å². The van der Waals surface area contributed by atoms with Gasteiger partial charge in [0, 0.05) is 23.7 Å². The molecule has 0 atom stereocenters. The monoisotopic (exact) mass is 387 g/mol. The molecular formula is C19H18ClN3O4. The molecule has 2 N–H and O–H groups in total. The number of nitrogens with zero attached hydrogens (tertiary/aromatic N) is 1. The Hall–Kier alpha value is -3.06. The lowest BCUT2D eigenvalue weighted by Crippen LogP contribution is -2.32. The summed E-state index contributed by atoms with van der Waals surface area (Å²) in [5, 5.41) is 5.79. The van der Waals surface area contributed by atoms with Crippen molar-refractivity contribution in [1.82, 2.24) is 9.88 Å². The van der Waals surface area contributed by atoms with Gasteiger partial charge in [-0.3, -0.25) is 14.2 Å². The minimum absolute atomic E-state index is 0.129. The van der Waals surface area contributed by atoms with Gasteiger partial charge >= 0.3 is 5.76 Å². The molecule has 2 aromatic carbocycles. The van der Waals surface area contributed by atoms with Gasteiger partial charge in [-0.25, -0.2) is 4.79 Å². The zero-order valence-corrected chi connectivity index (χ0v) is 15.2. The molecule has 140 valence electrons. The maximum absolute atomic E-state index is 11.9. The van der Waals surface area contributed by atoms with Crippen molar-refractivity contribution in [3.63, 3.8) is 0 Å². The van der Waals surface area contributed by atoms with Crippen molar-refractivity contribution in [2.45, 2.75) is 19.4 Å². The summed E-state index contributed by atoms with van der Waals surface area (Å²) in [6.45, 7) is 0.232. The number of rotatable bonds is 7. The molecule has 0 fully saturated rings. The van der Waals surface area contributed by atoms with Crippen LogP contribution in [0.4, 0.5) is 5.69 Å². The molecule has 1 aromatic heterocycles. The van der Waals surface area contributed by atoms with Crippen molar-refractivity contribution in [1.29, 1.82) is 0 Å². The van der Waals surface area contributed by atoms with Crippen LogP contribution in [0, 0.1) is 0 Å². The highest BCUT2D eigenvalue weighted by molar-refractivity contribution is 6.30. The Morgan fingerprint density at radius 3 is 2.56 bits per heavy atom. The van der Waals surface area contributed by atoms with E-state index in [1.165, 1.54) is 4.57 Å². The van der Waals surface area contributed by atoms with Crippen LogP contribution in [0.1, 0.15) is 12.8 Å². The molecule has 3 rings (SSSR count). The fraction of sp³-hybridized carbons (Fsp3) is 0.211. The quantitative estimate of drug-likeness (QED) is 0.651. The van der Waals surface area contributed by atoms with E-state index < -0.39 is 5.76 Å². The van der Waals surface area contributed by atoms with E-state index in [4.69, 9.17) is 16.0 Å². The predicted octanol–water partition coefficient (Wildman–Crippen LogP) is 2.78. The SMILES string of the molecule is O=C(CCCn1c(=O)oc2ccccc21)NCC(=O)Nc1ccc(Cl)cc1. The summed E-state index contributed by atoms with van der Waals surface area (Å²) in [5.74, 6) is -1.04. The van der Waals surface area contributed by atoms with E-state index in [1.807, 2.05) is 6.07 Å². The number of aryl methyl sites for hydroxylation is 1. The van der Waals surface area contributed by atoms with Gasteiger partial charge in [0.25, 0.3) is 0 Å². The van der Waals surface area contributed by atoms with Crippen LogP contribution in [0.2, 0.25) is 5.02 Å². The lowest BCUT2D eigenvalue weighted by Gasteiger charge is -2.07. The molecule has 3 aromatic rings. The van der Waals surface area contributed by atoms with Crippen LogP contribution in [0.25, 0.3) is 11.1 Å². The van der Waals surface area contributed by atoms with E-state index in [0.29, 0.717) is 34.8 Å². The first-order valence-electron chi connectivity index (χ1n) is 8.43. The molecular weight excluding hydrogens is 370 g/mol. The molecule has 0 saturated carbocycles. The number of carbonyl (C=O) groups excluding carboxylic acids is 2. The zero-order valence-electron chi connectivity index (χ0n) is 14.4. The molecule has 2 amide bonds. The highest BCUT2D eigenvalue weighted by Gasteiger charge is 2.10. The molecule has 8 heteroatoms. The Labute approximate surface area is 159 Å². The number of hydrogen-bond acceptors (Lipinski definition) is 4. The third kappa shape index (κ3) is 4.98. The number of para-hydroxylation sites is 2. The molecule has 7 nitrogen and oxygen atoms in total. The first kappa shape index (κ1) is 18.7. The van der Waals surface area contributed by atoms with E-state index in [-0.39, 0.29) is 24.8 Å². The Kier molecular flexibility index (Phi) is 5.93. The number of anilines is 1. The van der Waals surface area contributed by atoms with Gasteiger partial charge in [0.05, 0.1) is 12.1 Å². The number of nitrogens with one attached hydrogen (secondary N) is 2. The van der Waals surface area contributed by atoms with Crippen molar-refractivity contribution in [3.8, 4) is 0 Å². The minimum Gasteiger partial charge on any atom is -0.408 e. The largest absolute Gasteiger partial charge is 0.419 e. The fourth-order valence-corrected chi connectivity index (χ4v) is 2.76. The highest BCUT2D eigenvalue weighted by Crippen LogP contribution is 2.13. The summed E-state index contributed by atoms with van der Waals surface area (Å²) in [6.07, 6.45) is 0.647. The summed E-state index contributed by atoms with van der Waals surface area (Å²) < 4.78 is 6.64. The Balaban J connectivity index is 1.43. The summed E-state index contributed by atoms with van der Waals surface area (Å²) in [5.41, 5.74) is 1.82. The van der Waals surface area contributed by atoms with Crippen molar-refractivity contribution in [2.24, 2.45) is 0 Å². The maximum atomic E-state index is 11.9. The first-order valence-corrected chi connectivity index (χ1v) is 8.81. The van der Waals surface area contributed by atoms with Gasteiger partial charge in [-0.05, 0) is 42.8 Å².